The SMILES string of the molecule is CC(C)(C)c1ccc(Nc2cnc(C(F)(F)F)[nH]2)cc1. The summed E-state index contributed by atoms with van der Waals surface area (Å²) in [6, 6.07) is 7.55. The maximum atomic E-state index is 12.4. The van der Waals surface area contributed by atoms with Gasteiger partial charge in [0.1, 0.15) is 5.82 Å². The average Bonchev–Trinajstić information content (AvgIpc) is 2.77. The first kappa shape index (κ1) is 14.4. The average molecular weight is 283 g/mol. The number of aromatic amines is 1. The fourth-order valence-corrected chi connectivity index (χ4v) is 1.74. The van der Waals surface area contributed by atoms with E-state index >= 15 is 0 Å². The first-order chi connectivity index (χ1) is 9.16. The smallest absolute Gasteiger partial charge is 0.340 e. The second kappa shape index (κ2) is 4.85. The zero-order valence-electron chi connectivity index (χ0n) is 11.5. The molecule has 0 aliphatic heterocycles. The van der Waals surface area contributed by atoms with Crippen molar-refractivity contribution in [1.82, 2.24) is 9.97 Å². The lowest BCUT2D eigenvalue weighted by Gasteiger charge is -2.19. The number of rotatable bonds is 2. The lowest BCUT2D eigenvalue weighted by Crippen LogP contribution is -2.10. The van der Waals surface area contributed by atoms with Gasteiger partial charge in [0.05, 0.1) is 6.20 Å². The van der Waals surface area contributed by atoms with Crippen molar-refractivity contribution in [2.24, 2.45) is 0 Å². The standard InChI is InChI=1S/C14H16F3N3/c1-13(2,3)9-4-6-10(7-5-9)19-11-8-18-12(20-11)14(15,16)17/h4-8,19H,1-3H3,(H,18,20). The molecule has 2 aromatic rings. The minimum atomic E-state index is -4.46. The molecule has 0 unspecified atom stereocenters. The molecule has 1 heterocycles. The van der Waals surface area contributed by atoms with Crippen LogP contribution in [0.4, 0.5) is 24.7 Å². The van der Waals surface area contributed by atoms with Crippen molar-refractivity contribution in [2.45, 2.75) is 32.4 Å². The van der Waals surface area contributed by atoms with Gasteiger partial charge in [-0.2, -0.15) is 13.2 Å². The number of nitrogens with one attached hydrogen (secondary N) is 2. The number of anilines is 2. The lowest BCUT2D eigenvalue weighted by atomic mass is 9.87. The van der Waals surface area contributed by atoms with Gasteiger partial charge in [0.2, 0.25) is 5.82 Å². The van der Waals surface area contributed by atoms with E-state index in [9.17, 15) is 13.2 Å². The molecular weight excluding hydrogens is 267 g/mol. The summed E-state index contributed by atoms with van der Waals surface area (Å²) < 4.78 is 37.2. The lowest BCUT2D eigenvalue weighted by molar-refractivity contribution is -0.144. The van der Waals surface area contributed by atoms with E-state index in [1.54, 1.807) is 0 Å². The van der Waals surface area contributed by atoms with Crippen molar-refractivity contribution in [3.8, 4) is 0 Å². The van der Waals surface area contributed by atoms with Crippen LogP contribution in [0.15, 0.2) is 30.5 Å². The molecule has 20 heavy (non-hydrogen) atoms. The number of hydrogen-bond donors (Lipinski definition) is 2. The van der Waals surface area contributed by atoms with E-state index in [2.05, 4.69) is 36.1 Å². The molecule has 2 rings (SSSR count). The van der Waals surface area contributed by atoms with Crippen molar-refractivity contribution in [3.63, 3.8) is 0 Å². The van der Waals surface area contributed by atoms with Crippen LogP contribution in [-0.4, -0.2) is 9.97 Å². The molecular formula is C14H16F3N3. The second-order valence-electron chi connectivity index (χ2n) is 5.60. The highest BCUT2D eigenvalue weighted by Crippen LogP contribution is 2.28. The quantitative estimate of drug-likeness (QED) is 0.853. The maximum Gasteiger partial charge on any atom is 0.449 e. The fourth-order valence-electron chi connectivity index (χ4n) is 1.74. The van der Waals surface area contributed by atoms with Gasteiger partial charge >= 0.3 is 6.18 Å². The van der Waals surface area contributed by atoms with Gasteiger partial charge in [-0.05, 0) is 23.1 Å². The minimum Gasteiger partial charge on any atom is -0.340 e. The summed E-state index contributed by atoms with van der Waals surface area (Å²) in [4.78, 5) is 5.50. The molecule has 0 saturated heterocycles. The van der Waals surface area contributed by atoms with Crippen LogP contribution in [0.25, 0.3) is 0 Å². The summed E-state index contributed by atoms with van der Waals surface area (Å²) in [6.07, 6.45) is -3.34. The highest BCUT2D eigenvalue weighted by molar-refractivity contribution is 5.56. The van der Waals surface area contributed by atoms with Gasteiger partial charge in [-0.25, -0.2) is 4.98 Å². The zero-order chi connectivity index (χ0) is 15.0. The Morgan fingerprint density at radius 2 is 1.65 bits per heavy atom. The number of benzene rings is 1. The van der Waals surface area contributed by atoms with Gasteiger partial charge in [0.25, 0.3) is 0 Å². The Morgan fingerprint density at radius 1 is 1.05 bits per heavy atom. The summed E-state index contributed by atoms with van der Waals surface area (Å²) in [5.41, 5.74) is 1.90. The molecule has 0 atom stereocenters. The highest BCUT2D eigenvalue weighted by atomic mass is 19.4. The Morgan fingerprint density at radius 3 is 2.10 bits per heavy atom. The molecule has 1 aromatic carbocycles. The molecule has 6 heteroatoms. The van der Waals surface area contributed by atoms with Crippen molar-refractivity contribution >= 4 is 11.5 Å². The Balaban J connectivity index is 2.13. The molecule has 0 saturated carbocycles. The van der Waals surface area contributed by atoms with E-state index in [0.717, 1.165) is 11.8 Å². The zero-order valence-corrected chi connectivity index (χ0v) is 11.5. The molecule has 0 amide bonds. The highest BCUT2D eigenvalue weighted by Gasteiger charge is 2.34. The summed E-state index contributed by atoms with van der Waals surface area (Å²) in [7, 11) is 0. The monoisotopic (exact) mass is 283 g/mol. The Labute approximate surface area is 115 Å². The number of alkyl halides is 3. The number of nitrogens with zero attached hydrogens (tertiary/aromatic N) is 1. The van der Waals surface area contributed by atoms with Gasteiger partial charge in [0, 0.05) is 5.69 Å². The van der Waals surface area contributed by atoms with E-state index in [4.69, 9.17) is 0 Å². The van der Waals surface area contributed by atoms with Crippen LogP contribution in [-0.2, 0) is 11.6 Å². The van der Waals surface area contributed by atoms with E-state index in [1.165, 1.54) is 0 Å². The molecule has 0 aliphatic carbocycles. The second-order valence-corrected chi connectivity index (χ2v) is 5.60. The van der Waals surface area contributed by atoms with Gasteiger partial charge in [0.15, 0.2) is 0 Å². The van der Waals surface area contributed by atoms with E-state index < -0.39 is 12.0 Å². The molecule has 108 valence electrons. The summed E-state index contributed by atoms with van der Waals surface area (Å²) in [5.74, 6) is -0.799. The Hall–Kier alpha value is -1.98. The summed E-state index contributed by atoms with van der Waals surface area (Å²) >= 11 is 0. The van der Waals surface area contributed by atoms with Crippen molar-refractivity contribution < 1.29 is 13.2 Å². The predicted molar refractivity (Wildman–Crippen MR) is 72.0 cm³/mol. The molecule has 0 aliphatic rings. The van der Waals surface area contributed by atoms with Crippen LogP contribution >= 0.6 is 0 Å². The first-order valence-corrected chi connectivity index (χ1v) is 6.16. The first-order valence-electron chi connectivity index (χ1n) is 6.16. The van der Waals surface area contributed by atoms with Gasteiger partial charge in [-0.1, -0.05) is 32.9 Å². The molecule has 3 nitrogen and oxygen atoms in total. The Kier molecular flexibility index (Phi) is 3.50. The van der Waals surface area contributed by atoms with Crippen molar-refractivity contribution in [3.05, 3.63) is 41.9 Å². The third kappa shape index (κ3) is 3.31. The maximum absolute atomic E-state index is 12.4. The molecule has 0 bridgehead atoms. The summed E-state index contributed by atoms with van der Waals surface area (Å²) in [6.45, 7) is 6.29. The molecule has 0 fully saturated rings. The minimum absolute atomic E-state index is 0.0377. The predicted octanol–water partition coefficient (Wildman–Crippen LogP) is 4.47. The van der Waals surface area contributed by atoms with Gasteiger partial charge < -0.3 is 10.3 Å². The molecule has 0 spiro atoms. The molecule has 1 aromatic heterocycles. The van der Waals surface area contributed by atoms with E-state index in [-0.39, 0.29) is 11.2 Å². The molecule has 0 radical (unpaired) electrons. The van der Waals surface area contributed by atoms with Crippen molar-refractivity contribution in [2.75, 3.05) is 5.32 Å². The largest absolute Gasteiger partial charge is 0.449 e. The van der Waals surface area contributed by atoms with Crippen molar-refractivity contribution in [1.29, 1.82) is 0 Å². The van der Waals surface area contributed by atoms with E-state index in [0.29, 0.717) is 5.69 Å². The number of aromatic nitrogens is 2. The van der Waals surface area contributed by atoms with Crippen LogP contribution in [0.3, 0.4) is 0 Å². The van der Waals surface area contributed by atoms with E-state index in [1.807, 2.05) is 24.3 Å². The third-order valence-corrected chi connectivity index (χ3v) is 2.87. The third-order valence-electron chi connectivity index (χ3n) is 2.87. The van der Waals surface area contributed by atoms with Crippen LogP contribution in [0.5, 0.6) is 0 Å². The number of hydrogen-bond acceptors (Lipinski definition) is 2. The number of H-pyrrole nitrogens is 1. The van der Waals surface area contributed by atoms with Gasteiger partial charge in [-0.15, -0.1) is 0 Å². The fraction of sp³-hybridized carbons (Fsp3) is 0.357. The van der Waals surface area contributed by atoms with Crippen LogP contribution in [0.2, 0.25) is 0 Å². The molecule has 2 N–H and O–H groups in total. The van der Waals surface area contributed by atoms with Crippen LogP contribution in [0, 0.1) is 0 Å². The number of halogens is 3. The topological polar surface area (TPSA) is 40.7 Å². The normalized spacial score (nSPS) is 12.5. The van der Waals surface area contributed by atoms with Crippen LogP contribution < -0.4 is 5.32 Å². The Bertz CT molecular complexity index is 577. The van der Waals surface area contributed by atoms with Crippen LogP contribution in [0.1, 0.15) is 32.2 Å². The summed E-state index contributed by atoms with van der Waals surface area (Å²) in [5, 5.41) is 2.86. The number of imidazole rings is 1. The van der Waals surface area contributed by atoms with Gasteiger partial charge in [-0.3, -0.25) is 0 Å².